The number of carbonyl (C=O) groups is 1. The Morgan fingerprint density at radius 2 is 2.29 bits per heavy atom. The van der Waals surface area contributed by atoms with Crippen LogP contribution in [0.4, 0.5) is 0 Å². The molecule has 6 heteroatoms. The molecule has 0 aliphatic carbocycles. The van der Waals surface area contributed by atoms with E-state index in [0.29, 0.717) is 10.7 Å². The van der Waals surface area contributed by atoms with Crippen LogP contribution in [0.1, 0.15) is 5.69 Å². The van der Waals surface area contributed by atoms with Crippen molar-refractivity contribution in [3.63, 3.8) is 0 Å². The van der Waals surface area contributed by atoms with Gasteiger partial charge in [0, 0.05) is 18.3 Å². The van der Waals surface area contributed by atoms with E-state index in [9.17, 15) is 4.79 Å². The first-order chi connectivity index (χ1) is 6.09. The number of aromatic nitrogens is 1. The van der Waals surface area contributed by atoms with Gasteiger partial charge < -0.3 is 10.8 Å². The predicted octanol–water partition coefficient (Wildman–Crippen LogP) is 1.11. The van der Waals surface area contributed by atoms with Crippen molar-refractivity contribution in [1.29, 1.82) is 0 Å². The molecule has 1 rings (SSSR count). The van der Waals surface area contributed by atoms with Gasteiger partial charge in [-0.15, -0.1) is 12.4 Å². The number of halogens is 2. The van der Waals surface area contributed by atoms with Crippen molar-refractivity contribution in [3.8, 4) is 0 Å². The summed E-state index contributed by atoms with van der Waals surface area (Å²) in [6, 6.07) is 2.40. The average molecular weight is 237 g/mol. The minimum Gasteiger partial charge on any atom is -0.480 e. The van der Waals surface area contributed by atoms with E-state index in [4.69, 9.17) is 22.4 Å². The molecular formula is C8H10Cl2N2O2. The third-order valence-electron chi connectivity index (χ3n) is 1.53. The molecule has 0 unspecified atom stereocenters. The zero-order valence-electron chi connectivity index (χ0n) is 7.18. The van der Waals surface area contributed by atoms with Gasteiger partial charge >= 0.3 is 5.97 Å². The molecule has 78 valence electrons. The van der Waals surface area contributed by atoms with Crippen molar-refractivity contribution in [2.45, 2.75) is 12.5 Å². The van der Waals surface area contributed by atoms with Crippen molar-refractivity contribution < 1.29 is 9.90 Å². The highest BCUT2D eigenvalue weighted by Crippen LogP contribution is 2.07. The van der Waals surface area contributed by atoms with Gasteiger partial charge in [0.25, 0.3) is 0 Å². The second kappa shape index (κ2) is 5.80. The highest BCUT2D eigenvalue weighted by Gasteiger charge is 2.12. The fourth-order valence-electron chi connectivity index (χ4n) is 0.840. The molecular weight excluding hydrogens is 227 g/mol. The molecule has 0 aromatic carbocycles. The number of carboxylic acids is 1. The lowest BCUT2D eigenvalue weighted by molar-refractivity contribution is -0.138. The Morgan fingerprint density at radius 3 is 2.71 bits per heavy atom. The van der Waals surface area contributed by atoms with Gasteiger partial charge in [0.2, 0.25) is 0 Å². The van der Waals surface area contributed by atoms with Crippen LogP contribution in [0.3, 0.4) is 0 Å². The summed E-state index contributed by atoms with van der Waals surface area (Å²) in [5.74, 6) is -1.03. The Morgan fingerprint density at radius 1 is 1.64 bits per heavy atom. The van der Waals surface area contributed by atoms with E-state index < -0.39 is 12.0 Å². The van der Waals surface area contributed by atoms with Crippen LogP contribution in [0, 0.1) is 0 Å². The molecule has 0 fully saturated rings. The minimum atomic E-state index is -1.03. The van der Waals surface area contributed by atoms with Crippen molar-refractivity contribution >= 4 is 30.0 Å². The summed E-state index contributed by atoms with van der Waals surface area (Å²) in [6.45, 7) is 0. The summed E-state index contributed by atoms with van der Waals surface area (Å²) in [4.78, 5) is 14.3. The van der Waals surface area contributed by atoms with E-state index in [0.717, 1.165) is 0 Å². The Bertz CT molecular complexity index is 303. The molecule has 14 heavy (non-hydrogen) atoms. The highest BCUT2D eigenvalue weighted by molar-refractivity contribution is 6.30. The molecule has 0 spiro atoms. The molecule has 1 aromatic rings. The van der Waals surface area contributed by atoms with Gasteiger partial charge in [-0.25, -0.2) is 0 Å². The van der Waals surface area contributed by atoms with E-state index in [1.165, 1.54) is 6.20 Å². The normalized spacial score (nSPS) is 11.6. The van der Waals surface area contributed by atoms with E-state index >= 15 is 0 Å². The number of aliphatic carboxylic acids is 1. The monoisotopic (exact) mass is 236 g/mol. The second-order valence-corrected chi connectivity index (χ2v) is 3.05. The Labute approximate surface area is 92.5 Å². The summed E-state index contributed by atoms with van der Waals surface area (Å²) in [5, 5.41) is 9.04. The number of hydrogen-bond donors (Lipinski definition) is 2. The maximum atomic E-state index is 10.4. The first kappa shape index (κ1) is 13.2. The van der Waals surface area contributed by atoms with Crippen molar-refractivity contribution in [2.75, 3.05) is 0 Å². The lowest BCUT2D eigenvalue weighted by Crippen LogP contribution is -2.32. The van der Waals surface area contributed by atoms with Crippen LogP contribution < -0.4 is 5.73 Å². The first-order valence-electron chi connectivity index (χ1n) is 3.68. The fraction of sp³-hybridized carbons (Fsp3) is 0.250. The first-order valence-corrected chi connectivity index (χ1v) is 4.06. The fourth-order valence-corrected chi connectivity index (χ4v) is 0.952. The zero-order chi connectivity index (χ0) is 9.84. The Kier molecular flexibility index (Phi) is 5.45. The number of hydrogen-bond acceptors (Lipinski definition) is 3. The molecule has 1 atom stereocenters. The average Bonchev–Trinajstić information content (AvgIpc) is 2.08. The lowest BCUT2D eigenvalue weighted by atomic mass is 10.1. The molecule has 0 aliphatic rings. The van der Waals surface area contributed by atoms with Crippen LogP contribution in [-0.2, 0) is 11.2 Å². The largest absolute Gasteiger partial charge is 0.480 e. The third kappa shape index (κ3) is 3.91. The van der Waals surface area contributed by atoms with Crippen molar-refractivity contribution in [1.82, 2.24) is 4.98 Å². The zero-order valence-corrected chi connectivity index (χ0v) is 8.76. The molecule has 0 aliphatic heterocycles. The van der Waals surface area contributed by atoms with E-state index in [-0.39, 0.29) is 18.8 Å². The quantitative estimate of drug-likeness (QED) is 0.825. The molecule has 1 aromatic heterocycles. The molecule has 0 saturated carbocycles. The van der Waals surface area contributed by atoms with Gasteiger partial charge in [-0.1, -0.05) is 11.6 Å². The van der Waals surface area contributed by atoms with Gasteiger partial charge in [-0.2, -0.15) is 0 Å². The Hall–Kier alpha value is -0.840. The molecule has 3 N–H and O–H groups in total. The maximum absolute atomic E-state index is 10.4. The minimum absolute atomic E-state index is 0. The van der Waals surface area contributed by atoms with Gasteiger partial charge in [0.15, 0.2) is 0 Å². The number of pyridine rings is 1. The van der Waals surface area contributed by atoms with Crippen LogP contribution in [0.25, 0.3) is 0 Å². The van der Waals surface area contributed by atoms with Gasteiger partial charge in [-0.05, 0) is 12.1 Å². The highest BCUT2D eigenvalue weighted by atomic mass is 35.5. The molecule has 0 radical (unpaired) electrons. The summed E-state index contributed by atoms with van der Waals surface area (Å²) >= 11 is 5.60. The van der Waals surface area contributed by atoms with E-state index in [1.54, 1.807) is 12.1 Å². The number of nitrogens with two attached hydrogens (primary N) is 1. The summed E-state index contributed by atoms with van der Waals surface area (Å²) in [5.41, 5.74) is 5.94. The lowest BCUT2D eigenvalue weighted by Gasteiger charge is -2.04. The standard InChI is InChI=1S/C8H9ClN2O2.ClH/c9-5-1-2-6(11-4-5)3-7(10)8(12)13;/h1-2,4,7H,3,10H2,(H,12,13);1H/t7-;/m0./s1. The smallest absolute Gasteiger partial charge is 0.320 e. The molecule has 0 saturated heterocycles. The van der Waals surface area contributed by atoms with Crippen LogP contribution in [0.15, 0.2) is 18.3 Å². The van der Waals surface area contributed by atoms with Gasteiger partial charge in [-0.3, -0.25) is 9.78 Å². The molecule has 1 heterocycles. The Balaban J connectivity index is 0.00000169. The maximum Gasteiger partial charge on any atom is 0.320 e. The second-order valence-electron chi connectivity index (χ2n) is 2.62. The van der Waals surface area contributed by atoms with Crippen LogP contribution >= 0.6 is 24.0 Å². The topological polar surface area (TPSA) is 76.2 Å². The number of carboxylic acid groups (broad SMARTS) is 1. The van der Waals surface area contributed by atoms with Crippen molar-refractivity contribution in [3.05, 3.63) is 29.0 Å². The number of nitrogens with zero attached hydrogens (tertiary/aromatic N) is 1. The molecule has 0 amide bonds. The van der Waals surface area contributed by atoms with Crippen molar-refractivity contribution in [2.24, 2.45) is 5.73 Å². The molecule has 4 nitrogen and oxygen atoms in total. The van der Waals surface area contributed by atoms with Gasteiger partial charge in [0.1, 0.15) is 6.04 Å². The van der Waals surface area contributed by atoms with Crippen LogP contribution in [0.5, 0.6) is 0 Å². The van der Waals surface area contributed by atoms with E-state index in [2.05, 4.69) is 4.98 Å². The molecule has 0 bridgehead atoms. The summed E-state index contributed by atoms with van der Waals surface area (Å²) < 4.78 is 0. The van der Waals surface area contributed by atoms with Gasteiger partial charge in [0.05, 0.1) is 5.02 Å². The van der Waals surface area contributed by atoms with Crippen LogP contribution in [-0.4, -0.2) is 22.1 Å². The summed E-state index contributed by atoms with van der Waals surface area (Å²) in [7, 11) is 0. The van der Waals surface area contributed by atoms with E-state index in [1.807, 2.05) is 0 Å². The third-order valence-corrected chi connectivity index (χ3v) is 1.76. The number of rotatable bonds is 3. The van der Waals surface area contributed by atoms with Crippen LogP contribution in [0.2, 0.25) is 5.02 Å². The summed E-state index contributed by atoms with van der Waals surface area (Å²) in [6.07, 6.45) is 1.68. The predicted molar refractivity (Wildman–Crippen MR) is 55.8 cm³/mol. The SMILES string of the molecule is Cl.N[C@@H](Cc1ccc(Cl)cn1)C(=O)O.